The van der Waals surface area contributed by atoms with Crippen molar-refractivity contribution in [2.24, 2.45) is 0 Å². The molecule has 0 aliphatic rings. The topological polar surface area (TPSA) is 43.4 Å². The summed E-state index contributed by atoms with van der Waals surface area (Å²) in [5.41, 5.74) is 1.25. The Morgan fingerprint density at radius 2 is 1.94 bits per heavy atom. The van der Waals surface area contributed by atoms with Gasteiger partial charge >= 0.3 is 0 Å². The fourth-order valence-electron chi connectivity index (χ4n) is 1.43. The number of benzene rings is 1. The highest BCUT2D eigenvalue weighted by molar-refractivity contribution is 8.13. The molecule has 0 heterocycles. The molecule has 96 valence electrons. The first-order valence-electron chi connectivity index (χ1n) is 5.11. The van der Waals surface area contributed by atoms with Gasteiger partial charge in [0.25, 0.3) is 9.05 Å². The molecule has 0 amide bonds. The van der Waals surface area contributed by atoms with Gasteiger partial charge in [0, 0.05) is 17.1 Å². The van der Waals surface area contributed by atoms with E-state index < -0.39 is 15.7 Å². The van der Waals surface area contributed by atoms with Gasteiger partial charge in [-0.05, 0) is 37.1 Å². The second kappa shape index (κ2) is 5.69. The van der Waals surface area contributed by atoms with Gasteiger partial charge in [-0.3, -0.25) is 4.39 Å². The first kappa shape index (κ1) is 14.3. The van der Waals surface area contributed by atoms with Crippen molar-refractivity contribution in [2.45, 2.75) is 25.2 Å². The van der Waals surface area contributed by atoms with E-state index in [0.29, 0.717) is 23.3 Å². The predicted octanol–water partition coefficient (Wildman–Crippen LogP) is 2.97. The van der Waals surface area contributed by atoms with E-state index >= 15 is 0 Å². The normalized spacial score (nSPS) is 11.5. The minimum absolute atomic E-state index is 0.0782. The van der Waals surface area contributed by atoms with Gasteiger partial charge in [0.15, 0.2) is 0 Å². The summed E-state index contributed by atoms with van der Waals surface area (Å²) in [7, 11) is 1.56. The summed E-state index contributed by atoms with van der Waals surface area (Å²) in [6.07, 6.45) is 0.314. The van der Waals surface area contributed by atoms with E-state index in [1.54, 1.807) is 13.8 Å². The van der Waals surface area contributed by atoms with Crippen LogP contribution >= 0.6 is 10.7 Å². The average Bonchev–Trinajstić information content (AvgIpc) is 2.23. The molecule has 0 saturated heterocycles. The minimum Gasteiger partial charge on any atom is -0.493 e. The van der Waals surface area contributed by atoms with E-state index in [9.17, 15) is 12.8 Å². The molecule has 0 saturated carbocycles. The van der Waals surface area contributed by atoms with Crippen molar-refractivity contribution in [3.63, 3.8) is 0 Å². The Morgan fingerprint density at radius 3 is 2.47 bits per heavy atom. The quantitative estimate of drug-likeness (QED) is 0.615. The summed E-state index contributed by atoms with van der Waals surface area (Å²) in [4.78, 5) is 0.0782. The van der Waals surface area contributed by atoms with Crippen LogP contribution in [0.3, 0.4) is 0 Å². The van der Waals surface area contributed by atoms with Gasteiger partial charge in [0.2, 0.25) is 0 Å². The van der Waals surface area contributed by atoms with Crippen molar-refractivity contribution in [3.8, 4) is 5.75 Å². The Kier molecular flexibility index (Phi) is 4.77. The fraction of sp³-hybridized carbons (Fsp3) is 0.455. The van der Waals surface area contributed by atoms with Crippen molar-refractivity contribution in [2.75, 3.05) is 13.3 Å². The van der Waals surface area contributed by atoms with Crippen LogP contribution in [0, 0.1) is 13.8 Å². The van der Waals surface area contributed by atoms with Crippen molar-refractivity contribution in [1.82, 2.24) is 0 Å². The lowest BCUT2D eigenvalue weighted by atomic mass is 10.1. The molecule has 0 spiro atoms. The lowest BCUT2D eigenvalue weighted by Gasteiger charge is -2.12. The third kappa shape index (κ3) is 3.57. The maximum Gasteiger partial charge on any atom is 0.261 e. The summed E-state index contributed by atoms with van der Waals surface area (Å²) in [6.45, 7) is 3.23. The van der Waals surface area contributed by atoms with Gasteiger partial charge in [-0.1, -0.05) is 0 Å². The van der Waals surface area contributed by atoms with Crippen LogP contribution in [-0.2, 0) is 9.05 Å². The molecule has 0 fully saturated rings. The molecule has 0 bridgehead atoms. The highest BCUT2D eigenvalue weighted by Gasteiger charge is 2.16. The van der Waals surface area contributed by atoms with Gasteiger partial charge < -0.3 is 4.74 Å². The summed E-state index contributed by atoms with van der Waals surface area (Å²) in [6, 6.07) is 2.94. The van der Waals surface area contributed by atoms with Gasteiger partial charge in [0.05, 0.1) is 18.2 Å². The number of ether oxygens (including phenoxy) is 1. The van der Waals surface area contributed by atoms with Crippen molar-refractivity contribution in [3.05, 3.63) is 23.3 Å². The molecule has 6 heteroatoms. The molecule has 0 aromatic heterocycles. The van der Waals surface area contributed by atoms with Crippen LogP contribution in [0.15, 0.2) is 17.0 Å². The van der Waals surface area contributed by atoms with Crippen molar-refractivity contribution >= 4 is 19.7 Å². The lowest BCUT2D eigenvalue weighted by Crippen LogP contribution is -2.03. The van der Waals surface area contributed by atoms with E-state index in [-0.39, 0.29) is 11.5 Å². The largest absolute Gasteiger partial charge is 0.493 e. The molecule has 0 radical (unpaired) electrons. The molecule has 1 aromatic carbocycles. The lowest BCUT2D eigenvalue weighted by molar-refractivity contribution is 0.287. The molecule has 1 aromatic rings. The second-order valence-electron chi connectivity index (χ2n) is 3.64. The molecule has 0 unspecified atom stereocenters. The molecule has 1 rings (SSSR count). The van der Waals surface area contributed by atoms with Crippen molar-refractivity contribution < 1.29 is 17.5 Å². The summed E-state index contributed by atoms with van der Waals surface area (Å²) in [5, 5.41) is 0. The monoisotopic (exact) mass is 280 g/mol. The van der Waals surface area contributed by atoms with Gasteiger partial charge in [-0.25, -0.2) is 8.42 Å². The Balaban J connectivity index is 3.03. The van der Waals surface area contributed by atoms with Gasteiger partial charge in [0.1, 0.15) is 5.75 Å². The first-order chi connectivity index (χ1) is 7.88. The van der Waals surface area contributed by atoms with E-state index in [1.165, 1.54) is 12.1 Å². The Bertz CT molecular complexity index is 500. The molecule has 3 nitrogen and oxygen atoms in total. The van der Waals surface area contributed by atoms with Crippen LogP contribution in [0.25, 0.3) is 0 Å². The second-order valence-corrected chi connectivity index (χ2v) is 6.18. The van der Waals surface area contributed by atoms with E-state index in [2.05, 4.69) is 0 Å². The minimum atomic E-state index is -3.74. The fourth-order valence-corrected chi connectivity index (χ4v) is 2.68. The molecule has 0 aliphatic heterocycles. The average molecular weight is 281 g/mol. The standard InChI is InChI=1S/C11H14ClFO3S/c1-8-9(2)11(17(12,14)15)5-4-10(8)16-7-3-6-13/h4-5H,3,6-7H2,1-2H3. The number of hydrogen-bond acceptors (Lipinski definition) is 3. The van der Waals surface area contributed by atoms with Crippen LogP contribution in [0.1, 0.15) is 17.5 Å². The molecule has 0 N–H and O–H groups in total. The summed E-state index contributed by atoms with van der Waals surface area (Å²) in [5.74, 6) is 0.556. The maximum atomic E-state index is 11.9. The zero-order valence-corrected chi connectivity index (χ0v) is 11.2. The Hall–Kier alpha value is -0.810. The number of rotatable bonds is 5. The van der Waals surface area contributed by atoms with E-state index in [1.807, 2.05) is 0 Å². The number of alkyl halides is 1. The highest BCUT2D eigenvalue weighted by Crippen LogP contribution is 2.28. The molecule has 0 atom stereocenters. The van der Waals surface area contributed by atoms with Crippen LogP contribution in [0.5, 0.6) is 5.75 Å². The number of hydrogen-bond donors (Lipinski definition) is 0. The van der Waals surface area contributed by atoms with E-state index in [4.69, 9.17) is 15.4 Å². The molecule has 0 aliphatic carbocycles. The Labute approximate surface area is 105 Å². The van der Waals surface area contributed by atoms with Gasteiger partial charge in [-0.2, -0.15) is 0 Å². The molecular formula is C11H14ClFO3S. The maximum absolute atomic E-state index is 11.9. The highest BCUT2D eigenvalue weighted by atomic mass is 35.7. The van der Waals surface area contributed by atoms with Gasteiger partial charge in [-0.15, -0.1) is 0 Å². The van der Waals surface area contributed by atoms with Crippen LogP contribution in [0.2, 0.25) is 0 Å². The first-order valence-corrected chi connectivity index (χ1v) is 7.42. The molecule has 17 heavy (non-hydrogen) atoms. The zero-order valence-electron chi connectivity index (χ0n) is 9.66. The zero-order chi connectivity index (χ0) is 13.1. The Morgan fingerprint density at radius 1 is 1.29 bits per heavy atom. The summed E-state index contributed by atoms with van der Waals surface area (Å²) >= 11 is 0. The van der Waals surface area contributed by atoms with Crippen LogP contribution in [-0.4, -0.2) is 21.7 Å². The SMILES string of the molecule is Cc1c(OCCCF)ccc(S(=O)(=O)Cl)c1C. The third-order valence-corrected chi connectivity index (χ3v) is 3.95. The number of halogens is 2. The predicted molar refractivity (Wildman–Crippen MR) is 65.0 cm³/mol. The van der Waals surface area contributed by atoms with Crippen molar-refractivity contribution in [1.29, 1.82) is 0 Å². The van der Waals surface area contributed by atoms with E-state index in [0.717, 1.165) is 0 Å². The van der Waals surface area contributed by atoms with Crippen LogP contribution in [0.4, 0.5) is 4.39 Å². The smallest absolute Gasteiger partial charge is 0.261 e. The summed E-state index contributed by atoms with van der Waals surface area (Å²) < 4.78 is 39.8. The third-order valence-electron chi connectivity index (χ3n) is 2.49. The van der Waals surface area contributed by atoms with Crippen LogP contribution < -0.4 is 4.74 Å². The molecular weight excluding hydrogens is 267 g/mol.